The lowest BCUT2D eigenvalue weighted by Gasteiger charge is -2.19. The number of ether oxygens (including phenoxy) is 2. The highest BCUT2D eigenvalue weighted by atomic mass is 32.2. The summed E-state index contributed by atoms with van der Waals surface area (Å²) in [4.78, 5) is 0. The predicted octanol–water partition coefficient (Wildman–Crippen LogP) is 2.81. The first-order valence-electron chi connectivity index (χ1n) is 7.55. The largest absolute Gasteiger partial charge is 0.490 e. The molecule has 0 saturated carbocycles. The van der Waals surface area contributed by atoms with Gasteiger partial charge in [-0.3, -0.25) is 4.31 Å². The first kappa shape index (κ1) is 15.7. The monoisotopic (exact) mass is 333 g/mol. The van der Waals surface area contributed by atoms with E-state index in [1.54, 1.807) is 0 Å². The normalized spacial score (nSPS) is 15.3. The topological polar surface area (TPSA) is 55.8 Å². The molecule has 0 atom stereocenters. The number of nitrogens with zero attached hydrogens (tertiary/aromatic N) is 1. The minimum Gasteiger partial charge on any atom is -0.490 e. The minimum atomic E-state index is -3.30. The molecule has 122 valence electrons. The summed E-state index contributed by atoms with van der Waals surface area (Å²) in [5, 5.41) is 0. The molecule has 0 spiro atoms. The maximum Gasteiger partial charge on any atom is 0.239 e. The van der Waals surface area contributed by atoms with Crippen LogP contribution in [0.3, 0.4) is 0 Å². The summed E-state index contributed by atoms with van der Waals surface area (Å²) in [5.41, 5.74) is 1.58. The summed E-state index contributed by atoms with van der Waals surface area (Å²) in [5.74, 6) is 1.34. The highest BCUT2D eigenvalue weighted by Gasteiger charge is 2.32. The maximum atomic E-state index is 12.3. The van der Waals surface area contributed by atoms with Gasteiger partial charge in [-0.25, -0.2) is 8.42 Å². The van der Waals surface area contributed by atoms with Gasteiger partial charge < -0.3 is 9.47 Å². The van der Waals surface area contributed by atoms with Gasteiger partial charge in [0.1, 0.15) is 6.61 Å². The van der Waals surface area contributed by atoms with Crippen molar-refractivity contribution in [1.82, 2.24) is 0 Å². The van der Waals surface area contributed by atoms with Gasteiger partial charge in [0, 0.05) is 0 Å². The van der Waals surface area contributed by atoms with Crippen LogP contribution in [0.2, 0.25) is 0 Å². The highest BCUT2D eigenvalue weighted by molar-refractivity contribution is 7.92. The third-order valence-corrected chi connectivity index (χ3v) is 5.36. The van der Waals surface area contributed by atoms with E-state index in [1.165, 1.54) is 4.31 Å². The van der Waals surface area contributed by atoms with Crippen LogP contribution in [0.4, 0.5) is 5.69 Å². The Morgan fingerprint density at radius 2 is 1.65 bits per heavy atom. The van der Waals surface area contributed by atoms with Crippen molar-refractivity contribution in [2.24, 2.45) is 0 Å². The van der Waals surface area contributed by atoms with Gasteiger partial charge in [0.05, 0.1) is 24.6 Å². The number of rotatable bonds is 6. The van der Waals surface area contributed by atoms with Crippen LogP contribution in [0.5, 0.6) is 11.5 Å². The zero-order chi connectivity index (χ0) is 16.3. The van der Waals surface area contributed by atoms with E-state index in [9.17, 15) is 8.42 Å². The van der Waals surface area contributed by atoms with Gasteiger partial charge in [-0.15, -0.1) is 0 Å². The molecule has 0 aromatic heterocycles. The Morgan fingerprint density at radius 3 is 2.39 bits per heavy atom. The summed E-state index contributed by atoms with van der Waals surface area (Å²) in [6.07, 6.45) is 0. The molecule has 0 saturated heterocycles. The number of hydrogen-bond donors (Lipinski definition) is 0. The molecule has 0 amide bonds. The molecule has 0 unspecified atom stereocenters. The second-order valence-electron chi connectivity index (χ2n) is 5.19. The fourth-order valence-corrected chi connectivity index (χ4v) is 4.27. The standard InChI is InChI=1S/C17H19NO4S/c1-2-21-16-9-5-6-10-17(16)22-12-11-18-15-8-4-3-7-14(15)13-23(18,19)20/h3-10H,2,11-13H2,1H3. The van der Waals surface area contributed by atoms with E-state index < -0.39 is 10.0 Å². The van der Waals surface area contributed by atoms with Crippen molar-refractivity contribution < 1.29 is 17.9 Å². The number of sulfonamides is 1. The van der Waals surface area contributed by atoms with Gasteiger partial charge in [0.25, 0.3) is 0 Å². The van der Waals surface area contributed by atoms with Gasteiger partial charge in [0.15, 0.2) is 11.5 Å². The van der Waals surface area contributed by atoms with Crippen LogP contribution in [0.1, 0.15) is 12.5 Å². The molecule has 0 aliphatic carbocycles. The van der Waals surface area contributed by atoms with Crippen molar-refractivity contribution in [3.8, 4) is 11.5 Å². The van der Waals surface area contributed by atoms with E-state index in [4.69, 9.17) is 9.47 Å². The SMILES string of the molecule is CCOc1ccccc1OCCN1c2ccccc2CS1(=O)=O. The van der Waals surface area contributed by atoms with Crippen molar-refractivity contribution in [2.75, 3.05) is 24.1 Å². The van der Waals surface area contributed by atoms with E-state index in [0.717, 1.165) is 11.3 Å². The summed E-state index contributed by atoms with van der Waals surface area (Å²) >= 11 is 0. The van der Waals surface area contributed by atoms with Gasteiger partial charge in [0.2, 0.25) is 10.0 Å². The van der Waals surface area contributed by atoms with Crippen molar-refractivity contribution >= 4 is 15.7 Å². The minimum absolute atomic E-state index is 0.0543. The van der Waals surface area contributed by atoms with E-state index in [-0.39, 0.29) is 18.9 Å². The van der Waals surface area contributed by atoms with Crippen molar-refractivity contribution in [3.05, 3.63) is 54.1 Å². The second-order valence-corrected chi connectivity index (χ2v) is 7.08. The smallest absolute Gasteiger partial charge is 0.239 e. The van der Waals surface area contributed by atoms with E-state index in [1.807, 2.05) is 55.5 Å². The molecule has 0 bridgehead atoms. The van der Waals surface area contributed by atoms with Crippen molar-refractivity contribution in [3.63, 3.8) is 0 Å². The van der Waals surface area contributed by atoms with Crippen LogP contribution in [0, 0.1) is 0 Å². The summed E-state index contributed by atoms with van der Waals surface area (Å²) in [6.45, 7) is 3.00. The molecule has 0 fully saturated rings. The molecular formula is C17H19NO4S. The van der Waals surface area contributed by atoms with Gasteiger partial charge >= 0.3 is 0 Å². The summed E-state index contributed by atoms with van der Waals surface area (Å²) in [6, 6.07) is 14.8. The molecule has 1 heterocycles. The molecule has 0 radical (unpaired) electrons. The lowest BCUT2D eigenvalue weighted by Crippen LogP contribution is -2.31. The molecule has 5 nitrogen and oxygen atoms in total. The van der Waals surface area contributed by atoms with Crippen LogP contribution in [-0.2, 0) is 15.8 Å². The van der Waals surface area contributed by atoms with Crippen LogP contribution in [0.15, 0.2) is 48.5 Å². The maximum absolute atomic E-state index is 12.3. The number of hydrogen-bond acceptors (Lipinski definition) is 4. The molecule has 0 N–H and O–H groups in total. The molecule has 2 aromatic rings. The van der Waals surface area contributed by atoms with E-state index in [0.29, 0.717) is 18.1 Å². The van der Waals surface area contributed by atoms with Crippen molar-refractivity contribution in [1.29, 1.82) is 0 Å². The fourth-order valence-electron chi connectivity index (χ4n) is 2.64. The van der Waals surface area contributed by atoms with Crippen LogP contribution < -0.4 is 13.8 Å². The Hall–Kier alpha value is -2.21. The Morgan fingerprint density at radius 1 is 1.00 bits per heavy atom. The fraction of sp³-hybridized carbons (Fsp3) is 0.294. The van der Waals surface area contributed by atoms with Crippen LogP contribution in [0.25, 0.3) is 0 Å². The van der Waals surface area contributed by atoms with Gasteiger partial charge in [-0.1, -0.05) is 30.3 Å². The first-order valence-corrected chi connectivity index (χ1v) is 9.15. The van der Waals surface area contributed by atoms with E-state index >= 15 is 0 Å². The van der Waals surface area contributed by atoms with E-state index in [2.05, 4.69) is 0 Å². The van der Waals surface area contributed by atoms with Gasteiger partial charge in [-0.05, 0) is 30.7 Å². The predicted molar refractivity (Wildman–Crippen MR) is 89.5 cm³/mol. The zero-order valence-electron chi connectivity index (χ0n) is 12.9. The number of para-hydroxylation sites is 3. The Kier molecular flexibility index (Phi) is 4.43. The third-order valence-electron chi connectivity index (χ3n) is 3.63. The lowest BCUT2D eigenvalue weighted by molar-refractivity contribution is 0.283. The Labute approximate surface area is 136 Å². The van der Waals surface area contributed by atoms with Gasteiger partial charge in [-0.2, -0.15) is 0 Å². The Balaban J connectivity index is 1.70. The van der Waals surface area contributed by atoms with Crippen molar-refractivity contribution in [2.45, 2.75) is 12.7 Å². The average Bonchev–Trinajstić information content (AvgIpc) is 2.79. The lowest BCUT2D eigenvalue weighted by atomic mass is 10.2. The molecule has 1 aliphatic heterocycles. The number of benzene rings is 2. The number of anilines is 1. The van der Waals surface area contributed by atoms with Crippen LogP contribution in [-0.4, -0.2) is 28.2 Å². The third kappa shape index (κ3) is 3.27. The molecule has 6 heteroatoms. The zero-order valence-corrected chi connectivity index (χ0v) is 13.8. The molecule has 3 rings (SSSR count). The molecule has 23 heavy (non-hydrogen) atoms. The van der Waals surface area contributed by atoms with Crippen LogP contribution >= 0.6 is 0 Å². The summed E-state index contributed by atoms with van der Waals surface area (Å²) < 4.78 is 37.2. The quantitative estimate of drug-likeness (QED) is 0.816. The molecule has 2 aromatic carbocycles. The molecular weight excluding hydrogens is 314 g/mol. The second kappa shape index (κ2) is 6.50. The number of fused-ring (bicyclic) bond motifs is 1. The highest BCUT2D eigenvalue weighted by Crippen LogP contribution is 2.33. The molecule has 1 aliphatic rings. The first-order chi connectivity index (χ1) is 11.1. The Bertz CT molecular complexity index is 789. The average molecular weight is 333 g/mol. The summed E-state index contributed by atoms with van der Waals surface area (Å²) in [7, 11) is -3.30.